The molecule has 212 valence electrons. The van der Waals surface area contributed by atoms with Gasteiger partial charge in [-0.15, -0.1) is 19.8 Å². The standard InChI is InChI=1S/C30H31F3N2O5/c1-3-12-35-13-11-28-24-16-20(17-29(28,38)23(35)15-19-8-9-22(36)27(39-24)26(19)28)34(2)25(37)10-7-18-5-4-6-21(14-18)40-30(31,32)33/h3-10,14,20,23-24,36,38H,1,11-13,15-17H2,2H3/b10-7+/t20?,23-,24?,28-,29-/m1/s1. The summed E-state index contributed by atoms with van der Waals surface area (Å²) in [7, 11) is 1.66. The highest BCUT2D eigenvalue weighted by molar-refractivity contribution is 5.92. The van der Waals surface area contributed by atoms with Crippen LogP contribution < -0.4 is 9.47 Å². The Balaban J connectivity index is 1.29. The van der Waals surface area contributed by atoms with E-state index in [4.69, 9.17) is 4.74 Å². The van der Waals surface area contributed by atoms with Crippen molar-refractivity contribution in [2.45, 2.75) is 61.2 Å². The Labute approximate surface area is 230 Å². The van der Waals surface area contributed by atoms with Crippen LogP contribution in [0.2, 0.25) is 0 Å². The van der Waals surface area contributed by atoms with Gasteiger partial charge in [0.25, 0.3) is 0 Å². The van der Waals surface area contributed by atoms with Gasteiger partial charge in [-0.1, -0.05) is 24.3 Å². The largest absolute Gasteiger partial charge is 0.573 e. The second-order valence-corrected chi connectivity index (χ2v) is 11.2. The summed E-state index contributed by atoms with van der Waals surface area (Å²) in [6.07, 6.45) is 1.37. The molecule has 2 heterocycles. The summed E-state index contributed by atoms with van der Waals surface area (Å²) < 4.78 is 48.2. The van der Waals surface area contributed by atoms with Gasteiger partial charge >= 0.3 is 6.36 Å². The van der Waals surface area contributed by atoms with E-state index in [1.165, 1.54) is 30.4 Å². The molecule has 0 radical (unpaired) electrons. The van der Waals surface area contributed by atoms with Crippen LogP contribution in [-0.2, 0) is 16.6 Å². The zero-order valence-electron chi connectivity index (χ0n) is 22.0. The van der Waals surface area contributed by atoms with Crippen LogP contribution in [0.1, 0.15) is 36.0 Å². The lowest BCUT2D eigenvalue weighted by Gasteiger charge is -2.64. The molecule has 5 atom stereocenters. The third-order valence-corrected chi connectivity index (χ3v) is 9.25. The maximum Gasteiger partial charge on any atom is 0.573 e. The SMILES string of the molecule is C=CCN1CC[C@]23c4c5ccc(O)c4OC2CC(N(C)C(=O)/C=C/c2cccc(OC(F)(F)F)c2)C[C@@]3(O)[C@H]1C5. The topological polar surface area (TPSA) is 82.5 Å². The Hall–Kier alpha value is -3.50. The fraction of sp³-hybridized carbons (Fsp3) is 0.433. The van der Waals surface area contributed by atoms with Crippen molar-refractivity contribution in [3.8, 4) is 17.2 Å². The van der Waals surface area contributed by atoms with Crippen molar-refractivity contribution in [3.05, 3.63) is 71.8 Å². The molecule has 7 nitrogen and oxygen atoms in total. The molecule has 1 saturated heterocycles. The number of hydrogen-bond donors (Lipinski definition) is 2. The van der Waals surface area contributed by atoms with E-state index in [2.05, 4.69) is 16.2 Å². The number of halogens is 3. The Morgan fingerprint density at radius 2 is 2.12 bits per heavy atom. The molecule has 40 heavy (non-hydrogen) atoms. The first-order valence-electron chi connectivity index (χ1n) is 13.4. The normalized spacial score (nSPS) is 30.5. The molecule has 2 aliphatic carbocycles. The van der Waals surface area contributed by atoms with Gasteiger partial charge in [0, 0.05) is 43.7 Å². The summed E-state index contributed by atoms with van der Waals surface area (Å²) in [5.74, 6) is -0.233. The Kier molecular flexibility index (Phi) is 6.19. The molecule has 2 aromatic carbocycles. The Bertz CT molecular complexity index is 1390. The molecule has 2 unspecified atom stereocenters. The van der Waals surface area contributed by atoms with Gasteiger partial charge in [-0.3, -0.25) is 9.69 Å². The quantitative estimate of drug-likeness (QED) is 0.411. The van der Waals surface area contributed by atoms with Gasteiger partial charge in [0.1, 0.15) is 11.9 Å². The van der Waals surface area contributed by atoms with Crippen molar-refractivity contribution in [1.29, 1.82) is 0 Å². The molecule has 1 spiro atoms. The number of rotatable bonds is 6. The highest BCUT2D eigenvalue weighted by Crippen LogP contribution is 2.65. The number of carbonyl (C=O) groups is 1. The molecule has 2 bridgehead atoms. The first-order valence-corrected chi connectivity index (χ1v) is 13.4. The van der Waals surface area contributed by atoms with Crippen molar-refractivity contribution >= 4 is 12.0 Å². The summed E-state index contributed by atoms with van der Waals surface area (Å²) in [5, 5.41) is 23.3. The molecule has 10 heteroatoms. The van der Waals surface area contributed by atoms with E-state index in [-0.39, 0.29) is 29.5 Å². The smallest absolute Gasteiger partial charge is 0.504 e. The highest BCUT2D eigenvalue weighted by Gasteiger charge is 2.72. The predicted molar refractivity (Wildman–Crippen MR) is 141 cm³/mol. The van der Waals surface area contributed by atoms with E-state index in [1.54, 1.807) is 24.1 Å². The number of piperidine rings is 1. The number of hydrogen-bond acceptors (Lipinski definition) is 6. The fourth-order valence-corrected chi connectivity index (χ4v) is 7.59. The van der Waals surface area contributed by atoms with E-state index in [0.717, 1.165) is 17.7 Å². The van der Waals surface area contributed by atoms with E-state index < -0.39 is 23.5 Å². The average molecular weight is 557 g/mol. The zero-order chi connectivity index (χ0) is 28.4. The van der Waals surface area contributed by atoms with Crippen molar-refractivity contribution in [2.24, 2.45) is 0 Å². The van der Waals surface area contributed by atoms with Crippen molar-refractivity contribution in [2.75, 3.05) is 20.1 Å². The summed E-state index contributed by atoms with van der Waals surface area (Å²) in [5.41, 5.74) is 0.454. The predicted octanol–water partition coefficient (Wildman–Crippen LogP) is 4.17. The van der Waals surface area contributed by atoms with E-state index >= 15 is 0 Å². The first-order chi connectivity index (χ1) is 19.0. The fourth-order valence-electron chi connectivity index (χ4n) is 7.59. The second-order valence-electron chi connectivity index (χ2n) is 11.2. The van der Waals surface area contributed by atoms with Crippen molar-refractivity contribution < 1.29 is 37.7 Å². The summed E-state index contributed by atoms with van der Waals surface area (Å²) in [4.78, 5) is 17.1. The number of nitrogens with zero attached hydrogens (tertiary/aromatic N) is 2. The molecule has 2 aromatic rings. The van der Waals surface area contributed by atoms with Gasteiger partial charge in [0.15, 0.2) is 11.5 Å². The van der Waals surface area contributed by atoms with E-state index in [1.807, 2.05) is 12.1 Å². The van der Waals surface area contributed by atoms with Crippen LogP contribution in [0.15, 0.2) is 55.1 Å². The molecule has 2 N–H and O–H groups in total. The van der Waals surface area contributed by atoms with Crippen LogP contribution in [0.4, 0.5) is 13.2 Å². The average Bonchev–Trinajstić information content (AvgIpc) is 3.23. The van der Waals surface area contributed by atoms with Crippen LogP contribution in [0.3, 0.4) is 0 Å². The summed E-state index contributed by atoms with van der Waals surface area (Å²) in [6.45, 7) is 5.27. The Morgan fingerprint density at radius 3 is 2.88 bits per heavy atom. The summed E-state index contributed by atoms with van der Waals surface area (Å²) >= 11 is 0. The maximum atomic E-state index is 13.3. The molecule has 1 amide bonds. The van der Waals surface area contributed by atoms with Gasteiger partial charge in [0.05, 0.1) is 11.0 Å². The third-order valence-electron chi connectivity index (χ3n) is 9.25. The minimum atomic E-state index is -4.81. The van der Waals surface area contributed by atoms with E-state index in [9.17, 15) is 28.2 Å². The third kappa shape index (κ3) is 3.99. The van der Waals surface area contributed by atoms with Gasteiger partial charge in [-0.2, -0.15) is 0 Å². The lowest BCUT2D eigenvalue weighted by Crippen LogP contribution is -2.77. The lowest BCUT2D eigenvalue weighted by atomic mass is 9.48. The molecule has 4 aliphatic rings. The van der Waals surface area contributed by atoms with Crippen LogP contribution in [0, 0.1) is 0 Å². The first kappa shape index (κ1) is 26.7. The molecule has 1 saturated carbocycles. The number of aliphatic hydroxyl groups is 1. The van der Waals surface area contributed by atoms with Gasteiger partial charge in [-0.05, 0) is 61.2 Å². The molecule has 2 aliphatic heterocycles. The number of likely N-dealkylation sites (N-methyl/N-ethyl adjacent to an activating group) is 1. The monoisotopic (exact) mass is 556 g/mol. The molecule has 2 fully saturated rings. The number of carbonyl (C=O) groups excluding carboxylic acids is 1. The molecular formula is C30H31F3N2O5. The molecular weight excluding hydrogens is 525 g/mol. The second kappa shape index (κ2) is 9.27. The zero-order valence-corrected chi connectivity index (χ0v) is 22.0. The Morgan fingerprint density at radius 1 is 1.32 bits per heavy atom. The van der Waals surface area contributed by atoms with Crippen molar-refractivity contribution in [3.63, 3.8) is 0 Å². The number of phenolic OH excluding ortho intramolecular Hbond substituents is 1. The molecule has 6 rings (SSSR count). The number of aromatic hydroxyl groups is 1. The maximum absolute atomic E-state index is 13.3. The van der Waals surface area contributed by atoms with Crippen LogP contribution in [0.25, 0.3) is 6.08 Å². The number of ether oxygens (including phenoxy) is 2. The summed E-state index contributed by atoms with van der Waals surface area (Å²) in [6, 6.07) is 8.37. The van der Waals surface area contributed by atoms with Crippen molar-refractivity contribution in [1.82, 2.24) is 9.80 Å². The number of benzene rings is 2. The lowest BCUT2D eigenvalue weighted by molar-refractivity contribution is -0.274. The molecule has 0 aromatic heterocycles. The van der Waals surface area contributed by atoms with Crippen LogP contribution in [0.5, 0.6) is 17.2 Å². The minimum absolute atomic E-state index is 0.0532. The number of amides is 1. The van der Waals surface area contributed by atoms with E-state index in [0.29, 0.717) is 43.5 Å². The van der Waals surface area contributed by atoms with Gasteiger partial charge in [-0.25, -0.2) is 0 Å². The van der Waals surface area contributed by atoms with Crippen LogP contribution >= 0.6 is 0 Å². The van der Waals surface area contributed by atoms with Crippen LogP contribution in [-0.4, -0.2) is 76.2 Å². The highest BCUT2D eigenvalue weighted by atomic mass is 19.4. The minimum Gasteiger partial charge on any atom is -0.504 e. The number of alkyl halides is 3. The van der Waals surface area contributed by atoms with Gasteiger partial charge < -0.3 is 24.6 Å². The number of likely N-dealkylation sites (tertiary alicyclic amines) is 1. The number of phenols is 1. The van der Waals surface area contributed by atoms with Gasteiger partial charge in [0.2, 0.25) is 5.91 Å².